The smallest absolute Gasteiger partial charge is 0.354 e. The molecule has 0 aliphatic rings. The number of aromatic carboxylic acids is 1. The summed E-state index contributed by atoms with van der Waals surface area (Å²) < 4.78 is 6.67. The summed E-state index contributed by atoms with van der Waals surface area (Å²) in [5.41, 5.74) is 0.614. The van der Waals surface area contributed by atoms with Gasteiger partial charge in [-0.25, -0.2) is 4.79 Å². The molecule has 0 amide bonds. The molecule has 1 heterocycles. The van der Waals surface area contributed by atoms with E-state index in [1.165, 1.54) is 22.9 Å². The van der Waals surface area contributed by atoms with E-state index >= 15 is 0 Å². The van der Waals surface area contributed by atoms with E-state index in [2.05, 4.69) is 5.10 Å². The van der Waals surface area contributed by atoms with Gasteiger partial charge >= 0.3 is 5.97 Å². The molecule has 2 N–H and O–H groups in total. The first kappa shape index (κ1) is 12.0. The van der Waals surface area contributed by atoms with Gasteiger partial charge in [-0.05, 0) is 18.2 Å². The number of benzene rings is 1. The number of aromatic nitrogens is 2. The largest absolute Gasteiger partial charge is 0.508 e. The van der Waals surface area contributed by atoms with Gasteiger partial charge in [0.25, 0.3) is 0 Å². The van der Waals surface area contributed by atoms with Crippen LogP contribution in [0.3, 0.4) is 0 Å². The summed E-state index contributed by atoms with van der Waals surface area (Å²) in [5.74, 6) is -0.425. The minimum absolute atomic E-state index is 0.101. The van der Waals surface area contributed by atoms with Crippen LogP contribution in [-0.4, -0.2) is 26.0 Å². The molecule has 2 aromatic rings. The van der Waals surface area contributed by atoms with Gasteiger partial charge in [0, 0.05) is 13.1 Å². The number of phenolic OH excluding ortho intramolecular Hbond substituents is 1. The lowest BCUT2D eigenvalue weighted by atomic mass is 10.3. The fourth-order valence-corrected chi connectivity index (χ4v) is 1.53. The summed E-state index contributed by atoms with van der Waals surface area (Å²) in [6.07, 6.45) is 0. The molecule has 0 radical (unpaired) electrons. The van der Waals surface area contributed by atoms with E-state index in [0.717, 1.165) is 0 Å². The molecule has 6 nitrogen and oxygen atoms in total. The van der Waals surface area contributed by atoms with Crippen molar-refractivity contribution in [3.63, 3.8) is 0 Å². The van der Waals surface area contributed by atoms with Gasteiger partial charge in [-0.15, -0.1) is 0 Å². The summed E-state index contributed by atoms with van der Waals surface area (Å²) in [6, 6.07) is 7.81. The zero-order valence-electron chi connectivity index (χ0n) is 9.70. The number of ether oxygens (including phenoxy) is 1. The van der Waals surface area contributed by atoms with Crippen molar-refractivity contribution in [2.24, 2.45) is 7.05 Å². The number of carboxylic acid groups (broad SMARTS) is 1. The molecule has 0 saturated carbocycles. The standard InChI is InChI=1S/C12H12N2O4/c1-14-11(12(16)17)5-8(13-14)7-18-10-4-2-3-9(15)6-10/h2-6,15H,7H2,1H3,(H,16,17). The summed E-state index contributed by atoms with van der Waals surface area (Å²) in [4.78, 5) is 10.8. The fraction of sp³-hybridized carbons (Fsp3) is 0.167. The van der Waals surface area contributed by atoms with E-state index < -0.39 is 5.97 Å². The van der Waals surface area contributed by atoms with Crippen LogP contribution in [0.5, 0.6) is 11.5 Å². The van der Waals surface area contributed by atoms with E-state index in [0.29, 0.717) is 11.4 Å². The minimum atomic E-state index is -1.03. The van der Waals surface area contributed by atoms with Crippen molar-refractivity contribution in [1.29, 1.82) is 0 Å². The number of hydrogen-bond acceptors (Lipinski definition) is 4. The topological polar surface area (TPSA) is 84.6 Å². The van der Waals surface area contributed by atoms with Gasteiger partial charge in [-0.3, -0.25) is 4.68 Å². The van der Waals surface area contributed by atoms with E-state index in [1.807, 2.05) is 0 Å². The van der Waals surface area contributed by atoms with Gasteiger partial charge in [0.15, 0.2) is 0 Å². The van der Waals surface area contributed by atoms with Crippen LogP contribution >= 0.6 is 0 Å². The maximum absolute atomic E-state index is 10.8. The summed E-state index contributed by atoms with van der Waals surface area (Å²) in [5, 5.41) is 22.1. The van der Waals surface area contributed by atoms with Crippen molar-refractivity contribution < 1.29 is 19.7 Å². The Morgan fingerprint density at radius 3 is 2.83 bits per heavy atom. The highest BCUT2D eigenvalue weighted by molar-refractivity contribution is 5.85. The normalized spacial score (nSPS) is 10.3. The van der Waals surface area contributed by atoms with E-state index in [1.54, 1.807) is 19.2 Å². The molecule has 0 saturated heterocycles. The summed E-state index contributed by atoms with van der Waals surface area (Å²) in [6.45, 7) is 0.143. The van der Waals surface area contributed by atoms with Crippen molar-refractivity contribution in [3.05, 3.63) is 41.7 Å². The van der Waals surface area contributed by atoms with Crippen molar-refractivity contribution in [2.45, 2.75) is 6.61 Å². The molecule has 94 valence electrons. The molecule has 0 unspecified atom stereocenters. The third kappa shape index (κ3) is 2.60. The Balaban J connectivity index is 2.06. The Bertz CT molecular complexity index is 577. The number of nitrogens with zero attached hydrogens (tertiary/aromatic N) is 2. The fourth-order valence-electron chi connectivity index (χ4n) is 1.53. The first-order valence-corrected chi connectivity index (χ1v) is 5.24. The monoisotopic (exact) mass is 248 g/mol. The Hall–Kier alpha value is -2.50. The second-order valence-electron chi connectivity index (χ2n) is 3.74. The van der Waals surface area contributed by atoms with Gasteiger partial charge in [0.2, 0.25) is 0 Å². The predicted molar refractivity (Wildman–Crippen MR) is 62.6 cm³/mol. The number of phenols is 1. The van der Waals surface area contributed by atoms with Crippen LogP contribution in [0.1, 0.15) is 16.2 Å². The SMILES string of the molecule is Cn1nc(COc2cccc(O)c2)cc1C(=O)O. The first-order valence-electron chi connectivity index (χ1n) is 5.24. The zero-order valence-corrected chi connectivity index (χ0v) is 9.70. The first-order chi connectivity index (χ1) is 8.56. The van der Waals surface area contributed by atoms with E-state index in [-0.39, 0.29) is 18.1 Å². The second kappa shape index (κ2) is 4.79. The van der Waals surface area contributed by atoms with Crippen LogP contribution < -0.4 is 4.74 Å². The van der Waals surface area contributed by atoms with E-state index in [9.17, 15) is 9.90 Å². The van der Waals surface area contributed by atoms with Gasteiger partial charge in [0.1, 0.15) is 29.5 Å². The van der Waals surface area contributed by atoms with Crippen LogP contribution in [0, 0.1) is 0 Å². The predicted octanol–water partition coefficient (Wildman–Crippen LogP) is 1.40. The van der Waals surface area contributed by atoms with Crippen molar-refractivity contribution in [2.75, 3.05) is 0 Å². The highest BCUT2D eigenvalue weighted by Crippen LogP contribution is 2.18. The third-order valence-corrected chi connectivity index (χ3v) is 2.35. The van der Waals surface area contributed by atoms with Gasteiger partial charge < -0.3 is 14.9 Å². The second-order valence-corrected chi connectivity index (χ2v) is 3.74. The van der Waals surface area contributed by atoms with Crippen molar-refractivity contribution in [3.8, 4) is 11.5 Å². The molecule has 1 aromatic carbocycles. The van der Waals surface area contributed by atoms with Crippen LogP contribution in [0.2, 0.25) is 0 Å². The average Bonchev–Trinajstić information content (AvgIpc) is 2.68. The lowest BCUT2D eigenvalue weighted by Gasteiger charge is -2.03. The molecule has 6 heteroatoms. The van der Waals surface area contributed by atoms with Crippen LogP contribution in [-0.2, 0) is 13.7 Å². The zero-order chi connectivity index (χ0) is 13.1. The highest BCUT2D eigenvalue weighted by Gasteiger charge is 2.11. The van der Waals surface area contributed by atoms with Gasteiger partial charge in [0.05, 0.1) is 0 Å². The molecule has 1 aromatic heterocycles. The maximum atomic E-state index is 10.8. The lowest BCUT2D eigenvalue weighted by Crippen LogP contribution is -2.04. The molecule has 2 rings (SSSR count). The van der Waals surface area contributed by atoms with Crippen molar-refractivity contribution in [1.82, 2.24) is 9.78 Å². The number of carbonyl (C=O) groups is 1. The number of hydrogen-bond donors (Lipinski definition) is 2. The summed E-state index contributed by atoms with van der Waals surface area (Å²) >= 11 is 0. The molecular weight excluding hydrogens is 236 g/mol. The Morgan fingerprint density at radius 1 is 1.44 bits per heavy atom. The highest BCUT2D eigenvalue weighted by atomic mass is 16.5. The molecule has 0 spiro atoms. The van der Waals surface area contributed by atoms with Crippen LogP contribution in [0.15, 0.2) is 30.3 Å². The average molecular weight is 248 g/mol. The van der Waals surface area contributed by atoms with Crippen molar-refractivity contribution >= 4 is 5.97 Å². The Kier molecular flexibility index (Phi) is 3.18. The van der Waals surface area contributed by atoms with E-state index in [4.69, 9.17) is 9.84 Å². The maximum Gasteiger partial charge on any atom is 0.354 e. The Morgan fingerprint density at radius 2 is 2.22 bits per heavy atom. The summed E-state index contributed by atoms with van der Waals surface area (Å²) in [7, 11) is 1.56. The lowest BCUT2D eigenvalue weighted by molar-refractivity contribution is 0.0685. The quantitative estimate of drug-likeness (QED) is 0.854. The number of aromatic hydroxyl groups is 1. The van der Waals surface area contributed by atoms with Gasteiger partial charge in [-0.2, -0.15) is 5.10 Å². The molecule has 0 aliphatic heterocycles. The molecule has 0 fully saturated rings. The molecule has 0 bridgehead atoms. The minimum Gasteiger partial charge on any atom is -0.508 e. The third-order valence-electron chi connectivity index (χ3n) is 2.35. The molecular formula is C12H12N2O4. The number of carboxylic acids is 1. The molecule has 0 aliphatic carbocycles. The number of aryl methyl sites for hydroxylation is 1. The molecule has 18 heavy (non-hydrogen) atoms. The van der Waals surface area contributed by atoms with Crippen LogP contribution in [0.25, 0.3) is 0 Å². The molecule has 0 atom stereocenters. The number of rotatable bonds is 4. The Labute approximate surface area is 103 Å². The van der Waals surface area contributed by atoms with Crippen LogP contribution in [0.4, 0.5) is 0 Å². The van der Waals surface area contributed by atoms with Gasteiger partial charge in [-0.1, -0.05) is 6.07 Å².